The predicted octanol–water partition coefficient (Wildman–Crippen LogP) is 3.83. The molecule has 0 saturated heterocycles. The monoisotopic (exact) mass is 377 g/mol. The third-order valence-corrected chi connectivity index (χ3v) is 4.15. The van der Waals surface area contributed by atoms with Crippen molar-refractivity contribution >= 4 is 45.6 Å². The highest BCUT2D eigenvalue weighted by Crippen LogP contribution is 2.39. The number of hydrogen-bond donors (Lipinski definition) is 2. The quantitative estimate of drug-likeness (QED) is 0.293. The van der Waals surface area contributed by atoms with E-state index < -0.39 is 4.92 Å². The molecule has 0 aliphatic carbocycles. The van der Waals surface area contributed by atoms with Gasteiger partial charge in [0.05, 0.1) is 28.8 Å². The molecular formula is C18H20ClN3O4. The number of nitro benzene ring substituents is 1. The smallest absolute Gasteiger partial charge is 0.280 e. The van der Waals surface area contributed by atoms with E-state index in [2.05, 4.69) is 10.3 Å². The van der Waals surface area contributed by atoms with Gasteiger partial charge in [-0.2, -0.15) is 0 Å². The van der Waals surface area contributed by atoms with Crippen LogP contribution in [-0.2, 0) is 0 Å². The Morgan fingerprint density at radius 1 is 1.31 bits per heavy atom. The Morgan fingerprint density at radius 2 is 2.08 bits per heavy atom. The zero-order valence-electron chi connectivity index (χ0n) is 14.5. The van der Waals surface area contributed by atoms with Crippen LogP contribution in [0.2, 0.25) is 0 Å². The number of ether oxygens (including phenoxy) is 1. The van der Waals surface area contributed by atoms with Crippen molar-refractivity contribution in [1.29, 1.82) is 0 Å². The number of hydrogen-bond acceptors (Lipinski definition) is 6. The number of nitrogens with one attached hydrogen (secondary N) is 1. The number of aliphatic hydroxyl groups is 1. The SMILES string of the molecule is COc1ccc2nc3c(C)ccc([N+](=O)[O-])c3c(NCCCO)c2c1.Cl. The zero-order chi connectivity index (χ0) is 18.0. The van der Waals surface area contributed by atoms with Gasteiger partial charge >= 0.3 is 0 Å². The molecule has 0 atom stereocenters. The predicted molar refractivity (Wildman–Crippen MR) is 105 cm³/mol. The number of aryl methyl sites for hydroxylation is 1. The lowest BCUT2D eigenvalue weighted by atomic mass is 10.0. The molecule has 7 nitrogen and oxygen atoms in total. The van der Waals surface area contributed by atoms with E-state index in [1.54, 1.807) is 13.2 Å². The highest BCUT2D eigenvalue weighted by molar-refractivity contribution is 6.12. The van der Waals surface area contributed by atoms with Gasteiger partial charge in [0.1, 0.15) is 11.1 Å². The molecule has 3 rings (SSSR count). The summed E-state index contributed by atoms with van der Waals surface area (Å²) in [6.45, 7) is 2.41. The Hall–Kier alpha value is -2.64. The van der Waals surface area contributed by atoms with Gasteiger partial charge in [-0.1, -0.05) is 6.07 Å². The fourth-order valence-electron chi connectivity index (χ4n) is 2.90. The van der Waals surface area contributed by atoms with Crippen molar-refractivity contribution in [3.05, 3.63) is 46.0 Å². The summed E-state index contributed by atoms with van der Waals surface area (Å²) in [5.41, 5.74) is 2.83. The Labute approximate surface area is 156 Å². The molecule has 0 aliphatic heterocycles. The third-order valence-electron chi connectivity index (χ3n) is 4.15. The number of halogens is 1. The molecule has 2 aromatic carbocycles. The summed E-state index contributed by atoms with van der Waals surface area (Å²) in [7, 11) is 1.57. The molecule has 8 heteroatoms. The summed E-state index contributed by atoms with van der Waals surface area (Å²) in [4.78, 5) is 15.8. The fourth-order valence-corrected chi connectivity index (χ4v) is 2.90. The van der Waals surface area contributed by atoms with Gasteiger partial charge in [-0.3, -0.25) is 10.1 Å². The molecule has 0 unspecified atom stereocenters. The Kier molecular flexibility index (Phi) is 6.18. The van der Waals surface area contributed by atoms with Gasteiger partial charge in [-0.05, 0) is 37.1 Å². The maximum atomic E-state index is 11.6. The number of aromatic nitrogens is 1. The van der Waals surface area contributed by atoms with E-state index in [0.717, 1.165) is 16.5 Å². The second kappa shape index (κ2) is 8.16. The largest absolute Gasteiger partial charge is 0.497 e. The third kappa shape index (κ3) is 3.49. The van der Waals surface area contributed by atoms with Crippen LogP contribution < -0.4 is 10.1 Å². The average molecular weight is 378 g/mol. The Balaban J connectivity index is 0.00000243. The van der Waals surface area contributed by atoms with E-state index in [1.807, 2.05) is 25.1 Å². The van der Waals surface area contributed by atoms with Gasteiger partial charge in [-0.25, -0.2) is 4.98 Å². The van der Waals surface area contributed by atoms with Crippen LogP contribution in [0.15, 0.2) is 30.3 Å². The van der Waals surface area contributed by atoms with Crippen molar-refractivity contribution < 1.29 is 14.8 Å². The molecule has 26 heavy (non-hydrogen) atoms. The first-order valence-corrected chi connectivity index (χ1v) is 7.97. The first-order chi connectivity index (χ1) is 12.1. The lowest BCUT2D eigenvalue weighted by Gasteiger charge is -2.15. The Morgan fingerprint density at radius 3 is 2.73 bits per heavy atom. The van der Waals surface area contributed by atoms with Crippen molar-refractivity contribution in [3.63, 3.8) is 0 Å². The molecule has 1 aromatic heterocycles. The van der Waals surface area contributed by atoms with Crippen molar-refractivity contribution in [3.8, 4) is 5.75 Å². The first kappa shape index (κ1) is 19.7. The van der Waals surface area contributed by atoms with E-state index in [4.69, 9.17) is 9.84 Å². The molecule has 0 fully saturated rings. The normalized spacial score (nSPS) is 10.6. The number of methoxy groups -OCH3 is 1. The second-order valence-corrected chi connectivity index (χ2v) is 5.76. The number of anilines is 1. The number of nitro groups is 1. The van der Waals surface area contributed by atoms with Gasteiger partial charge in [0.25, 0.3) is 5.69 Å². The van der Waals surface area contributed by atoms with Crippen molar-refractivity contribution in [2.24, 2.45) is 0 Å². The number of aliphatic hydroxyl groups excluding tert-OH is 1. The van der Waals surface area contributed by atoms with Crippen LogP contribution in [-0.4, -0.2) is 35.3 Å². The number of fused-ring (bicyclic) bond motifs is 2. The molecule has 0 amide bonds. The highest BCUT2D eigenvalue weighted by Gasteiger charge is 2.20. The van der Waals surface area contributed by atoms with E-state index in [9.17, 15) is 10.1 Å². The summed E-state index contributed by atoms with van der Waals surface area (Å²) in [5.74, 6) is 0.647. The van der Waals surface area contributed by atoms with E-state index in [-0.39, 0.29) is 24.7 Å². The first-order valence-electron chi connectivity index (χ1n) is 7.97. The fraction of sp³-hybridized carbons (Fsp3) is 0.278. The van der Waals surface area contributed by atoms with Crippen LogP contribution in [0.25, 0.3) is 21.8 Å². The molecule has 0 aliphatic rings. The van der Waals surface area contributed by atoms with Gasteiger partial charge in [-0.15, -0.1) is 12.4 Å². The van der Waals surface area contributed by atoms with Crippen molar-refractivity contribution in [1.82, 2.24) is 4.98 Å². The minimum Gasteiger partial charge on any atom is -0.497 e. The van der Waals surface area contributed by atoms with Crippen LogP contribution in [0.3, 0.4) is 0 Å². The maximum absolute atomic E-state index is 11.6. The van der Waals surface area contributed by atoms with Crippen LogP contribution in [0.5, 0.6) is 5.75 Å². The summed E-state index contributed by atoms with van der Waals surface area (Å²) in [6, 6.07) is 8.67. The number of pyridine rings is 1. The molecule has 0 radical (unpaired) electrons. The summed E-state index contributed by atoms with van der Waals surface area (Å²) >= 11 is 0. The second-order valence-electron chi connectivity index (χ2n) is 5.76. The van der Waals surface area contributed by atoms with Crippen molar-refractivity contribution in [2.75, 3.05) is 25.6 Å². The van der Waals surface area contributed by atoms with Crippen LogP contribution in [0, 0.1) is 17.0 Å². The van der Waals surface area contributed by atoms with Gasteiger partial charge in [0, 0.05) is 24.6 Å². The molecule has 1 heterocycles. The van der Waals surface area contributed by atoms with Crippen molar-refractivity contribution in [2.45, 2.75) is 13.3 Å². The standard InChI is InChI=1S/C18H19N3O4.ClH/c1-11-4-7-15(21(23)24)16-17(11)20-14-6-5-12(25-2)10-13(14)18(16)19-8-3-9-22;/h4-7,10,22H,3,8-9H2,1-2H3,(H,19,20);1H. The molecular weight excluding hydrogens is 358 g/mol. The lowest BCUT2D eigenvalue weighted by molar-refractivity contribution is -0.383. The number of non-ortho nitro benzene ring substituents is 1. The topological polar surface area (TPSA) is 97.5 Å². The average Bonchev–Trinajstić information content (AvgIpc) is 2.61. The summed E-state index contributed by atoms with van der Waals surface area (Å²) < 4.78 is 5.29. The zero-order valence-corrected chi connectivity index (χ0v) is 15.3. The summed E-state index contributed by atoms with van der Waals surface area (Å²) in [6.07, 6.45) is 0.537. The molecule has 2 N–H and O–H groups in total. The number of nitrogens with zero attached hydrogens (tertiary/aromatic N) is 2. The lowest BCUT2D eigenvalue weighted by Crippen LogP contribution is -2.06. The molecule has 0 bridgehead atoms. The van der Waals surface area contributed by atoms with E-state index in [0.29, 0.717) is 35.3 Å². The molecule has 0 spiro atoms. The number of rotatable bonds is 6. The van der Waals surface area contributed by atoms with Crippen LogP contribution >= 0.6 is 12.4 Å². The molecule has 138 valence electrons. The number of benzene rings is 2. The van der Waals surface area contributed by atoms with Gasteiger partial charge in [0.2, 0.25) is 0 Å². The van der Waals surface area contributed by atoms with Gasteiger partial charge in [0.15, 0.2) is 0 Å². The summed E-state index contributed by atoms with van der Waals surface area (Å²) in [5, 5.41) is 25.1. The highest BCUT2D eigenvalue weighted by atomic mass is 35.5. The Bertz CT molecular complexity index is 962. The van der Waals surface area contributed by atoms with E-state index >= 15 is 0 Å². The molecule has 0 saturated carbocycles. The van der Waals surface area contributed by atoms with Crippen LogP contribution in [0.1, 0.15) is 12.0 Å². The maximum Gasteiger partial charge on any atom is 0.280 e. The minimum absolute atomic E-state index is 0. The molecule has 3 aromatic rings. The van der Waals surface area contributed by atoms with Crippen LogP contribution in [0.4, 0.5) is 11.4 Å². The van der Waals surface area contributed by atoms with E-state index in [1.165, 1.54) is 6.07 Å². The minimum atomic E-state index is -0.396. The van der Waals surface area contributed by atoms with Gasteiger partial charge < -0.3 is 15.2 Å².